The smallest absolute Gasteiger partial charge is 0.0991 e. The van der Waals surface area contributed by atoms with E-state index in [1.807, 2.05) is 24.4 Å². The molecule has 134 valence electrons. The average molecular weight is 355 g/mol. The van der Waals surface area contributed by atoms with Gasteiger partial charge < -0.3 is 10.3 Å². The number of nitrogens with zero attached hydrogens (tertiary/aromatic N) is 4. The number of benzene rings is 2. The van der Waals surface area contributed by atoms with E-state index >= 15 is 0 Å². The zero-order chi connectivity index (χ0) is 19.2. The summed E-state index contributed by atoms with van der Waals surface area (Å²) in [5.74, 6) is 0. The Kier molecular flexibility index (Phi) is 5.60. The molecule has 0 aliphatic carbocycles. The first-order valence-electron chi connectivity index (χ1n) is 8.73. The van der Waals surface area contributed by atoms with Gasteiger partial charge in [-0.3, -0.25) is 9.98 Å². The summed E-state index contributed by atoms with van der Waals surface area (Å²) in [6, 6.07) is 16.3. The van der Waals surface area contributed by atoms with Crippen molar-refractivity contribution in [2.45, 2.75) is 13.3 Å². The molecule has 0 spiro atoms. The normalized spacial score (nSPS) is 11.8. The van der Waals surface area contributed by atoms with Crippen LogP contribution in [0.3, 0.4) is 0 Å². The van der Waals surface area contributed by atoms with Crippen LogP contribution in [-0.2, 0) is 6.42 Å². The van der Waals surface area contributed by atoms with Gasteiger partial charge in [0, 0.05) is 29.0 Å². The molecule has 0 saturated heterocycles. The van der Waals surface area contributed by atoms with E-state index in [0.29, 0.717) is 11.3 Å². The van der Waals surface area contributed by atoms with Crippen molar-refractivity contribution in [2.75, 3.05) is 6.67 Å². The molecular formula is C22H21N5. The molecule has 0 unspecified atom stereocenters. The van der Waals surface area contributed by atoms with Crippen molar-refractivity contribution in [3.63, 3.8) is 0 Å². The summed E-state index contributed by atoms with van der Waals surface area (Å²) >= 11 is 0. The van der Waals surface area contributed by atoms with Crippen molar-refractivity contribution in [3.05, 3.63) is 77.6 Å². The third-order valence-electron chi connectivity index (χ3n) is 4.43. The van der Waals surface area contributed by atoms with Crippen molar-refractivity contribution >= 4 is 23.3 Å². The van der Waals surface area contributed by atoms with Crippen LogP contribution in [0.5, 0.6) is 0 Å². The second-order valence-corrected chi connectivity index (χ2v) is 6.00. The van der Waals surface area contributed by atoms with Crippen molar-refractivity contribution in [2.24, 2.45) is 15.7 Å². The van der Waals surface area contributed by atoms with Crippen LogP contribution < -0.4 is 5.73 Å². The van der Waals surface area contributed by atoms with Crippen LogP contribution in [0.4, 0.5) is 0 Å². The minimum Gasteiger partial charge on any atom is -0.316 e. The second-order valence-electron chi connectivity index (χ2n) is 6.00. The van der Waals surface area contributed by atoms with Crippen LogP contribution in [0.25, 0.3) is 16.6 Å². The van der Waals surface area contributed by atoms with Gasteiger partial charge in [0.1, 0.15) is 0 Å². The minimum absolute atomic E-state index is 0.159. The fourth-order valence-electron chi connectivity index (χ4n) is 3.06. The highest BCUT2D eigenvalue weighted by molar-refractivity contribution is 6.16. The van der Waals surface area contributed by atoms with Gasteiger partial charge in [0.2, 0.25) is 0 Å². The highest BCUT2D eigenvalue weighted by atomic mass is 15.0. The van der Waals surface area contributed by atoms with Gasteiger partial charge in [-0.1, -0.05) is 19.1 Å². The molecule has 0 bridgehead atoms. The summed E-state index contributed by atoms with van der Waals surface area (Å²) in [6.07, 6.45) is 6.38. The lowest BCUT2D eigenvalue weighted by Crippen LogP contribution is -2.03. The van der Waals surface area contributed by atoms with Gasteiger partial charge in [0.15, 0.2) is 0 Å². The van der Waals surface area contributed by atoms with Crippen molar-refractivity contribution in [1.29, 1.82) is 5.26 Å². The van der Waals surface area contributed by atoms with E-state index in [0.717, 1.165) is 28.6 Å². The number of aromatic nitrogens is 1. The van der Waals surface area contributed by atoms with Gasteiger partial charge in [0.25, 0.3) is 0 Å². The number of hydrogen-bond acceptors (Lipinski definition) is 4. The quantitative estimate of drug-likeness (QED) is 0.679. The van der Waals surface area contributed by atoms with Gasteiger partial charge >= 0.3 is 0 Å². The molecule has 3 aromatic rings. The molecule has 5 heteroatoms. The van der Waals surface area contributed by atoms with E-state index in [1.165, 1.54) is 5.56 Å². The average Bonchev–Trinajstić information content (AvgIpc) is 3.09. The molecule has 0 fully saturated rings. The fraction of sp³-hybridized carbons (Fsp3) is 0.136. The molecule has 0 aliphatic rings. The summed E-state index contributed by atoms with van der Waals surface area (Å²) in [6.45, 7) is 5.77. The third kappa shape index (κ3) is 3.71. The van der Waals surface area contributed by atoms with E-state index < -0.39 is 0 Å². The standard InChI is InChI=1S/C22H21N5/c1-3-16-4-7-18(8-5-16)27-14-20(21(26-15-24)10-11-25-2)19-12-17(13-23)6-9-22(19)27/h4-12,14H,2-3,15,24H2,1H3/b11-10-,26-21+. The maximum Gasteiger partial charge on any atom is 0.0991 e. The Balaban J connectivity index is 2.26. The van der Waals surface area contributed by atoms with Crippen LogP contribution in [0, 0.1) is 11.3 Å². The summed E-state index contributed by atoms with van der Waals surface area (Å²) < 4.78 is 2.10. The molecule has 0 atom stereocenters. The molecular weight excluding hydrogens is 334 g/mol. The van der Waals surface area contributed by atoms with Crippen LogP contribution in [0.15, 0.2) is 70.9 Å². The lowest BCUT2D eigenvalue weighted by molar-refractivity contribution is 1.07. The monoisotopic (exact) mass is 355 g/mol. The Bertz CT molecular complexity index is 1060. The molecule has 2 aromatic carbocycles. The SMILES string of the molecule is C=N/C=C\C(=N/CN)c1cn(-c2ccc(CC)cc2)c2ccc(C#N)cc12. The van der Waals surface area contributed by atoms with E-state index in [4.69, 9.17) is 5.73 Å². The summed E-state index contributed by atoms with van der Waals surface area (Å²) in [5.41, 5.74) is 11.2. The van der Waals surface area contributed by atoms with Crippen molar-refractivity contribution in [1.82, 2.24) is 4.57 Å². The molecule has 5 nitrogen and oxygen atoms in total. The van der Waals surface area contributed by atoms with Crippen LogP contribution in [0.2, 0.25) is 0 Å². The van der Waals surface area contributed by atoms with Gasteiger partial charge in [-0.25, -0.2) is 0 Å². The number of aryl methyl sites for hydroxylation is 1. The van der Waals surface area contributed by atoms with Crippen LogP contribution >= 0.6 is 0 Å². The molecule has 2 N–H and O–H groups in total. The molecule has 0 amide bonds. The molecule has 0 aliphatic heterocycles. The van der Waals surface area contributed by atoms with Crippen molar-refractivity contribution in [3.8, 4) is 11.8 Å². The lowest BCUT2D eigenvalue weighted by Gasteiger charge is -2.06. The Labute approximate surface area is 158 Å². The molecule has 1 heterocycles. The molecule has 27 heavy (non-hydrogen) atoms. The van der Waals surface area contributed by atoms with Crippen LogP contribution in [-0.4, -0.2) is 23.7 Å². The predicted octanol–water partition coefficient (Wildman–Crippen LogP) is 3.98. The second kappa shape index (κ2) is 8.26. The molecule has 3 rings (SSSR count). The number of allylic oxidation sites excluding steroid dienone is 1. The first-order valence-corrected chi connectivity index (χ1v) is 8.73. The Morgan fingerprint density at radius 1 is 1.26 bits per heavy atom. The number of nitriles is 1. The number of rotatable bonds is 6. The molecule has 1 aromatic heterocycles. The minimum atomic E-state index is 0.159. The first kappa shape index (κ1) is 18.3. The first-order chi connectivity index (χ1) is 13.2. The highest BCUT2D eigenvalue weighted by Crippen LogP contribution is 2.27. The van der Waals surface area contributed by atoms with Gasteiger partial charge in [-0.15, -0.1) is 0 Å². The topological polar surface area (TPSA) is 79.5 Å². The zero-order valence-electron chi connectivity index (χ0n) is 15.3. The number of aliphatic imine (C=N–C) groups is 2. The Morgan fingerprint density at radius 2 is 2.04 bits per heavy atom. The highest BCUT2D eigenvalue weighted by Gasteiger charge is 2.14. The van der Waals surface area contributed by atoms with Gasteiger partial charge in [-0.2, -0.15) is 5.26 Å². The Hall–Kier alpha value is -3.49. The summed E-state index contributed by atoms with van der Waals surface area (Å²) in [5, 5.41) is 10.2. The molecule has 0 radical (unpaired) electrons. The molecule has 0 saturated carbocycles. The largest absolute Gasteiger partial charge is 0.316 e. The fourth-order valence-corrected chi connectivity index (χ4v) is 3.06. The van der Waals surface area contributed by atoms with Crippen molar-refractivity contribution < 1.29 is 0 Å². The Morgan fingerprint density at radius 3 is 2.67 bits per heavy atom. The summed E-state index contributed by atoms with van der Waals surface area (Å²) in [4.78, 5) is 8.17. The third-order valence-corrected chi connectivity index (χ3v) is 4.43. The van der Waals surface area contributed by atoms with Gasteiger partial charge in [-0.05, 0) is 55.1 Å². The number of hydrogen-bond donors (Lipinski definition) is 1. The predicted molar refractivity (Wildman–Crippen MR) is 112 cm³/mol. The lowest BCUT2D eigenvalue weighted by atomic mass is 10.1. The van der Waals surface area contributed by atoms with E-state index in [1.54, 1.807) is 12.3 Å². The van der Waals surface area contributed by atoms with Crippen LogP contribution in [0.1, 0.15) is 23.6 Å². The maximum atomic E-state index is 9.31. The number of fused-ring (bicyclic) bond motifs is 1. The van der Waals surface area contributed by atoms with E-state index in [-0.39, 0.29) is 6.67 Å². The zero-order valence-corrected chi connectivity index (χ0v) is 15.3. The van der Waals surface area contributed by atoms with E-state index in [2.05, 4.69) is 58.5 Å². The van der Waals surface area contributed by atoms with E-state index in [9.17, 15) is 5.26 Å². The number of nitrogens with two attached hydrogens (primary N) is 1. The maximum absolute atomic E-state index is 9.31. The van der Waals surface area contributed by atoms with Gasteiger partial charge in [0.05, 0.1) is 29.5 Å². The summed E-state index contributed by atoms with van der Waals surface area (Å²) in [7, 11) is 0.